The number of nitrogens with zero attached hydrogens (tertiary/aromatic N) is 1. The van der Waals surface area contributed by atoms with E-state index in [-0.39, 0.29) is 11.3 Å². The first-order valence-corrected chi connectivity index (χ1v) is 7.23. The maximum absolute atomic E-state index is 12.6. The summed E-state index contributed by atoms with van der Waals surface area (Å²) in [6, 6.07) is 0. The van der Waals surface area contributed by atoms with Gasteiger partial charge in [0.15, 0.2) is 5.78 Å². The number of rotatable bonds is 3. The van der Waals surface area contributed by atoms with E-state index in [1.54, 1.807) is 6.26 Å². The molecule has 0 radical (unpaired) electrons. The largest absolute Gasteiger partial charge is 0.501 e. The van der Waals surface area contributed by atoms with Crippen LogP contribution < -0.4 is 0 Å². The van der Waals surface area contributed by atoms with Crippen molar-refractivity contribution in [1.29, 1.82) is 0 Å². The van der Waals surface area contributed by atoms with Crippen molar-refractivity contribution >= 4 is 5.78 Å². The Morgan fingerprint density at radius 1 is 1.17 bits per heavy atom. The minimum Gasteiger partial charge on any atom is -0.501 e. The van der Waals surface area contributed by atoms with E-state index in [0.29, 0.717) is 0 Å². The predicted octanol–water partition coefficient (Wildman–Crippen LogP) is 2.90. The molecular weight excluding hydrogens is 226 g/mol. The lowest BCUT2D eigenvalue weighted by atomic mass is 9.89. The number of hydrogen-bond acceptors (Lipinski definition) is 3. The highest BCUT2D eigenvalue weighted by Gasteiger charge is 2.36. The summed E-state index contributed by atoms with van der Waals surface area (Å²) in [4.78, 5) is 15.0. The van der Waals surface area contributed by atoms with Gasteiger partial charge in [-0.25, -0.2) is 0 Å². The predicted molar refractivity (Wildman–Crippen MR) is 72.4 cm³/mol. The minimum atomic E-state index is -0.378. The molecule has 2 rings (SSSR count). The van der Waals surface area contributed by atoms with Gasteiger partial charge in [-0.1, -0.05) is 12.8 Å². The van der Waals surface area contributed by atoms with Gasteiger partial charge in [0.2, 0.25) is 0 Å². The summed E-state index contributed by atoms with van der Waals surface area (Å²) in [5.74, 6) is 0.254. The standard InChI is InChI=1S/C15H25NO2/c1-15(2,16-9-5-3-4-6-10-16)14(17)13-8-7-11-18-12-13/h12H,3-11H2,1-2H3. The van der Waals surface area contributed by atoms with Crippen LogP contribution in [0.4, 0.5) is 0 Å². The Labute approximate surface area is 110 Å². The van der Waals surface area contributed by atoms with Crippen LogP contribution in [0.1, 0.15) is 52.4 Å². The Bertz CT molecular complexity index is 325. The summed E-state index contributed by atoms with van der Waals surface area (Å²) in [5, 5.41) is 0. The molecule has 0 spiro atoms. The Kier molecular flexibility index (Phi) is 4.44. The van der Waals surface area contributed by atoms with Crippen LogP contribution in [-0.4, -0.2) is 35.9 Å². The number of carbonyl (C=O) groups excluding carboxylic acids is 1. The first-order chi connectivity index (χ1) is 8.62. The van der Waals surface area contributed by atoms with Gasteiger partial charge in [-0.3, -0.25) is 9.69 Å². The van der Waals surface area contributed by atoms with E-state index in [1.807, 2.05) is 0 Å². The van der Waals surface area contributed by atoms with Crippen molar-refractivity contribution < 1.29 is 9.53 Å². The van der Waals surface area contributed by atoms with E-state index in [2.05, 4.69) is 18.7 Å². The Morgan fingerprint density at radius 2 is 1.83 bits per heavy atom. The summed E-state index contributed by atoms with van der Waals surface area (Å²) < 4.78 is 5.31. The molecule has 0 aromatic rings. The number of carbonyl (C=O) groups is 1. The topological polar surface area (TPSA) is 29.5 Å². The molecule has 0 amide bonds. The minimum absolute atomic E-state index is 0.254. The number of Topliss-reactive ketones (excluding diaryl/α,β-unsaturated/α-hetero) is 1. The monoisotopic (exact) mass is 251 g/mol. The average molecular weight is 251 g/mol. The summed E-state index contributed by atoms with van der Waals surface area (Å²) >= 11 is 0. The van der Waals surface area contributed by atoms with Crippen LogP contribution in [0.5, 0.6) is 0 Å². The van der Waals surface area contributed by atoms with Crippen molar-refractivity contribution in [3.05, 3.63) is 11.8 Å². The van der Waals surface area contributed by atoms with Gasteiger partial charge in [0.1, 0.15) is 0 Å². The van der Waals surface area contributed by atoms with Crippen LogP contribution in [-0.2, 0) is 9.53 Å². The van der Waals surface area contributed by atoms with Gasteiger partial charge in [-0.15, -0.1) is 0 Å². The fourth-order valence-electron chi connectivity index (χ4n) is 2.90. The average Bonchev–Trinajstić information content (AvgIpc) is 2.68. The molecule has 1 saturated heterocycles. The van der Waals surface area contributed by atoms with Crippen LogP contribution >= 0.6 is 0 Å². The number of ether oxygens (including phenoxy) is 1. The van der Waals surface area contributed by atoms with E-state index in [0.717, 1.165) is 38.1 Å². The first kappa shape index (κ1) is 13.6. The van der Waals surface area contributed by atoms with Crippen molar-refractivity contribution in [2.45, 2.75) is 57.9 Å². The lowest BCUT2D eigenvalue weighted by Crippen LogP contribution is -2.51. The third kappa shape index (κ3) is 2.94. The van der Waals surface area contributed by atoms with E-state index in [4.69, 9.17) is 4.74 Å². The summed E-state index contributed by atoms with van der Waals surface area (Å²) in [6.07, 6.45) is 8.55. The van der Waals surface area contributed by atoms with Crippen molar-refractivity contribution in [1.82, 2.24) is 4.90 Å². The zero-order valence-corrected chi connectivity index (χ0v) is 11.7. The molecule has 2 aliphatic heterocycles. The molecule has 0 bridgehead atoms. The molecule has 3 heteroatoms. The number of hydrogen-bond donors (Lipinski definition) is 0. The zero-order chi connectivity index (χ0) is 13.0. The van der Waals surface area contributed by atoms with Crippen molar-refractivity contribution in [2.75, 3.05) is 19.7 Å². The Balaban J connectivity index is 2.08. The van der Waals surface area contributed by atoms with E-state index in [9.17, 15) is 4.79 Å². The van der Waals surface area contributed by atoms with Crippen molar-refractivity contribution in [3.8, 4) is 0 Å². The lowest BCUT2D eigenvalue weighted by molar-refractivity contribution is -0.126. The molecule has 3 nitrogen and oxygen atoms in total. The third-order valence-corrected chi connectivity index (χ3v) is 4.18. The van der Waals surface area contributed by atoms with Gasteiger partial charge in [-0.05, 0) is 52.6 Å². The molecule has 2 aliphatic rings. The van der Waals surface area contributed by atoms with Crippen molar-refractivity contribution in [2.24, 2.45) is 0 Å². The van der Waals surface area contributed by atoms with E-state index < -0.39 is 0 Å². The molecule has 0 unspecified atom stereocenters. The highest BCUT2D eigenvalue weighted by atomic mass is 16.5. The normalized spacial score (nSPS) is 22.9. The van der Waals surface area contributed by atoms with Gasteiger partial charge in [0.05, 0.1) is 18.4 Å². The maximum Gasteiger partial charge on any atom is 0.181 e. The van der Waals surface area contributed by atoms with Gasteiger partial charge in [0.25, 0.3) is 0 Å². The second kappa shape index (κ2) is 5.87. The molecule has 0 saturated carbocycles. The second-order valence-corrected chi connectivity index (χ2v) is 5.91. The molecule has 0 atom stereocenters. The molecule has 102 valence electrons. The third-order valence-electron chi connectivity index (χ3n) is 4.18. The molecule has 2 heterocycles. The van der Waals surface area contributed by atoms with Gasteiger partial charge >= 0.3 is 0 Å². The zero-order valence-electron chi connectivity index (χ0n) is 11.7. The van der Waals surface area contributed by atoms with Crippen LogP contribution in [0.25, 0.3) is 0 Å². The fourth-order valence-corrected chi connectivity index (χ4v) is 2.90. The first-order valence-electron chi connectivity index (χ1n) is 7.23. The van der Waals surface area contributed by atoms with Crippen LogP contribution in [0.15, 0.2) is 11.8 Å². The second-order valence-electron chi connectivity index (χ2n) is 5.91. The molecule has 0 aliphatic carbocycles. The quantitative estimate of drug-likeness (QED) is 0.772. The Hall–Kier alpha value is -0.830. The molecule has 0 aromatic carbocycles. The van der Waals surface area contributed by atoms with Crippen LogP contribution in [0, 0.1) is 0 Å². The SMILES string of the molecule is CC(C)(C(=O)C1=COCCC1)N1CCCCCC1. The summed E-state index contributed by atoms with van der Waals surface area (Å²) in [6.45, 7) is 6.98. The fraction of sp³-hybridized carbons (Fsp3) is 0.800. The van der Waals surface area contributed by atoms with Gasteiger partial charge < -0.3 is 4.74 Å². The molecule has 1 fully saturated rings. The molecule has 0 N–H and O–H groups in total. The van der Waals surface area contributed by atoms with Crippen molar-refractivity contribution in [3.63, 3.8) is 0 Å². The molecular formula is C15H25NO2. The summed E-state index contributed by atoms with van der Waals surface area (Å²) in [5.41, 5.74) is 0.493. The van der Waals surface area contributed by atoms with E-state index >= 15 is 0 Å². The van der Waals surface area contributed by atoms with Gasteiger partial charge in [-0.2, -0.15) is 0 Å². The molecule has 18 heavy (non-hydrogen) atoms. The smallest absolute Gasteiger partial charge is 0.181 e. The molecule has 0 aromatic heterocycles. The van der Waals surface area contributed by atoms with Crippen LogP contribution in [0.3, 0.4) is 0 Å². The van der Waals surface area contributed by atoms with E-state index in [1.165, 1.54) is 25.7 Å². The maximum atomic E-state index is 12.6. The lowest BCUT2D eigenvalue weighted by Gasteiger charge is -2.37. The van der Waals surface area contributed by atoms with Crippen LogP contribution in [0.2, 0.25) is 0 Å². The number of ketones is 1. The highest BCUT2D eigenvalue weighted by Crippen LogP contribution is 2.26. The highest BCUT2D eigenvalue weighted by molar-refractivity contribution is 6.01. The Morgan fingerprint density at radius 3 is 2.39 bits per heavy atom. The van der Waals surface area contributed by atoms with Gasteiger partial charge in [0, 0.05) is 5.57 Å². The number of likely N-dealkylation sites (tertiary alicyclic amines) is 1. The summed E-state index contributed by atoms with van der Waals surface area (Å²) in [7, 11) is 0.